The second-order valence-electron chi connectivity index (χ2n) is 6.56. The molecule has 0 fully saturated rings. The van der Waals surface area contributed by atoms with Gasteiger partial charge in [-0.3, -0.25) is 20.2 Å². The smallest absolute Gasteiger partial charge is 0.411 e. The highest BCUT2D eigenvalue weighted by molar-refractivity contribution is 5.96. The highest BCUT2D eigenvalue weighted by atomic mass is 16.6. The molecule has 0 aromatic heterocycles. The number of nitro benzene ring substituents is 1. The van der Waals surface area contributed by atoms with E-state index in [0.717, 1.165) is 22.3 Å². The molecule has 3 aromatic carbocycles. The van der Waals surface area contributed by atoms with E-state index < -0.39 is 11.0 Å². The second kappa shape index (κ2) is 7.55. The second-order valence-corrected chi connectivity index (χ2v) is 6.56. The molecular formula is C22H16N2O5. The molecule has 0 radical (unpaired) electrons. The minimum absolute atomic E-state index is 0.0337. The van der Waals surface area contributed by atoms with Crippen LogP contribution in [0, 0.1) is 10.1 Å². The van der Waals surface area contributed by atoms with Crippen LogP contribution in [0.1, 0.15) is 27.4 Å². The van der Waals surface area contributed by atoms with Gasteiger partial charge >= 0.3 is 6.09 Å². The van der Waals surface area contributed by atoms with E-state index in [2.05, 4.69) is 5.32 Å². The average molecular weight is 388 g/mol. The van der Waals surface area contributed by atoms with Gasteiger partial charge in [0.15, 0.2) is 6.29 Å². The Balaban J connectivity index is 1.52. The number of carbonyl (C=O) groups is 2. The number of benzene rings is 3. The molecule has 0 saturated heterocycles. The maximum absolute atomic E-state index is 12.3. The van der Waals surface area contributed by atoms with Gasteiger partial charge in [-0.25, -0.2) is 4.79 Å². The zero-order chi connectivity index (χ0) is 20.4. The van der Waals surface area contributed by atoms with Crippen molar-refractivity contribution in [3.05, 3.63) is 93.5 Å². The van der Waals surface area contributed by atoms with Crippen LogP contribution >= 0.6 is 0 Å². The fourth-order valence-electron chi connectivity index (χ4n) is 3.69. The Morgan fingerprint density at radius 3 is 2.21 bits per heavy atom. The molecule has 29 heavy (non-hydrogen) atoms. The average Bonchev–Trinajstić information content (AvgIpc) is 3.06. The molecule has 7 heteroatoms. The van der Waals surface area contributed by atoms with Crippen LogP contribution in [-0.2, 0) is 4.74 Å². The fourth-order valence-corrected chi connectivity index (χ4v) is 3.69. The number of fused-ring (bicyclic) bond motifs is 3. The third-order valence-electron chi connectivity index (χ3n) is 4.98. The van der Waals surface area contributed by atoms with Crippen LogP contribution in [-0.4, -0.2) is 23.9 Å². The maximum Gasteiger partial charge on any atom is 0.411 e. The zero-order valence-corrected chi connectivity index (χ0v) is 15.2. The highest BCUT2D eigenvalue weighted by Gasteiger charge is 2.29. The molecule has 0 spiro atoms. The van der Waals surface area contributed by atoms with Gasteiger partial charge in [0.05, 0.1) is 10.6 Å². The van der Waals surface area contributed by atoms with Crippen LogP contribution in [0.4, 0.5) is 16.2 Å². The monoisotopic (exact) mass is 388 g/mol. The van der Waals surface area contributed by atoms with Crippen LogP contribution in [0.5, 0.6) is 0 Å². The number of nitrogens with zero attached hydrogens (tertiary/aromatic N) is 1. The highest BCUT2D eigenvalue weighted by Crippen LogP contribution is 2.44. The number of hydrogen-bond donors (Lipinski definition) is 1. The number of nitrogens with one attached hydrogen (secondary N) is 1. The predicted molar refractivity (Wildman–Crippen MR) is 107 cm³/mol. The molecule has 4 rings (SSSR count). The summed E-state index contributed by atoms with van der Waals surface area (Å²) in [5.74, 6) is -0.108. The Morgan fingerprint density at radius 1 is 1.00 bits per heavy atom. The van der Waals surface area contributed by atoms with Crippen molar-refractivity contribution in [3.8, 4) is 11.1 Å². The van der Waals surface area contributed by atoms with Gasteiger partial charge in [0.1, 0.15) is 12.2 Å². The predicted octanol–water partition coefficient (Wildman–Crippen LogP) is 4.77. The van der Waals surface area contributed by atoms with E-state index in [1.54, 1.807) is 0 Å². The summed E-state index contributed by atoms with van der Waals surface area (Å²) in [6.45, 7) is 0.102. The van der Waals surface area contributed by atoms with Crippen molar-refractivity contribution in [2.75, 3.05) is 11.9 Å². The topological polar surface area (TPSA) is 98.5 Å². The van der Waals surface area contributed by atoms with Gasteiger partial charge in [-0.05, 0) is 28.3 Å². The molecule has 1 N–H and O–H groups in total. The Bertz CT molecular complexity index is 1080. The number of ether oxygens (including phenoxy) is 1. The van der Waals surface area contributed by atoms with Crippen molar-refractivity contribution >= 4 is 23.8 Å². The summed E-state index contributed by atoms with van der Waals surface area (Å²) in [5.41, 5.74) is 3.82. The summed E-state index contributed by atoms with van der Waals surface area (Å²) < 4.78 is 5.41. The Kier molecular flexibility index (Phi) is 4.78. The number of aldehydes is 1. The van der Waals surface area contributed by atoms with Crippen LogP contribution in [0.15, 0.2) is 66.7 Å². The molecule has 0 atom stereocenters. The van der Waals surface area contributed by atoms with E-state index in [0.29, 0.717) is 6.29 Å². The number of hydrogen-bond acceptors (Lipinski definition) is 5. The van der Waals surface area contributed by atoms with Crippen LogP contribution < -0.4 is 5.32 Å². The summed E-state index contributed by atoms with van der Waals surface area (Å²) >= 11 is 0. The molecule has 7 nitrogen and oxygen atoms in total. The molecular weight excluding hydrogens is 372 g/mol. The van der Waals surface area contributed by atoms with Crippen molar-refractivity contribution in [3.63, 3.8) is 0 Å². The van der Waals surface area contributed by atoms with E-state index in [1.807, 2.05) is 48.5 Å². The molecule has 1 amide bonds. The van der Waals surface area contributed by atoms with Gasteiger partial charge < -0.3 is 4.74 Å². The van der Waals surface area contributed by atoms with E-state index >= 15 is 0 Å². The molecule has 0 heterocycles. The first-order chi connectivity index (χ1) is 14.1. The van der Waals surface area contributed by atoms with Crippen molar-refractivity contribution in [2.45, 2.75) is 5.92 Å². The first kappa shape index (κ1) is 18.4. The zero-order valence-electron chi connectivity index (χ0n) is 15.2. The molecule has 1 aliphatic rings. The molecule has 144 valence electrons. The van der Waals surface area contributed by atoms with Crippen molar-refractivity contribution in [1.82, 2.24) is 0 Å². The quantitative estimate of drug-likeness (QED) is 0.386. The van der Waals surface area contributed by atoms with Gasteiger partial charge in [0, 0.05) is 12.0 Å². The lowest BCUT2D eigenvalue weighted by molar-refractivity contribution is -0.385. The number of nitro groups is 1. The number of anilines is 1. The molecule has 0 aliphatic heterocycles. The van der Waals surface area contributed by atoms with Crippen molar-refractivity contribution in [2.24, 2.45) is 0 Å². The molecule has 0 unspecified atom stereocenters. The first-order valence-electron chi connectivity index (χ1n) is 8.94. The summed E-state index contributed by atoms with van der Waals surface area (Å²) in [4.78, 5) is 34.0. The lowest BCUT2D eigenvalue weighted by Gasteiger charge is -2.15. The summed E-state index contributed by atoms with van der Waals surface area (Å²) in [6.07, 6.45) is -0.438. The van der Waals surface area contributed by atoms with E-state index in [-0.39, 0.29) is 29.5 Å². The normalized spacial score (nSPS) is 12.0. The molecule has 0 bridgehead atoms. The van der Waals surface area contributed by atoms with E-state index in [1.165, 1.54) is 18.2 Å². The largest absolute Gasteiger partial charge is 0.448 e. The Morgan fingerprint density at radius 2 is 1.62 bits per heavy atom. The van der Waals surface area contributed by atoms with Crippen molar-refractivity contribution < 1.29 is 19.2 Å². The summed E-state index contributed by atoms with van der Waals surface area (Å²) in [5, 5.41) is 13.5. The standard InChI is InChI=1S/C22H16N2O5/c25-12-18-20(10-5-11-21(18)24(27)28)23-22(26)29-13-19-16-8-3-1-6-14(16)15-7-2-4-9-17(15)19/h1-12,19H,13H2,(H,23,26). The SMILES string of the molecule is O=Cc1c(NC(=O)OCC2c3ccccc3-c3ccccc32)cccc1[N+](=O)[O-]. The molecule has 1 aliphatic carbocycles. The number of rotatable bonds is 5. The first-order valence-corrected chi connectivity index (χ1v) is 8.94. The van der Waals surface area contributed by atoms with Crippen LogP contribution in [0.3, 0.4) is 0 Å². The minimum atomic E-state index is -0.782. The van der Waals surface area contributed by atoms with Gasteiger partial charge in [-0.15, -0.1) is 0 Å². The third-order valence-corrected chi connectivity index (χ3v) is 4.98. The molecule has 0 saturated carbocycles. The Labute approximate surface area is 166 Å². The number of carbonyl (C=O) groups excluding carboxylic acids is 2. The minimum Gasteiger partial charge on any atom is -0.448 e. The molecule has 3 aromatic rings. The lowest BCUT2D eigenvalue weighted by Crippen LogP contribution is -2.18. The summed E-state index contributed by atoms with van der Waals surface area (Å²) in [6, 6.07) is 19.9. The summed E-state index contributed by atoms with van der Waals surface area (Å²) in [7, 11) is 0. The fraction of sp³-hybridized carbons (Fsp3) is 0.0909. The lowest BCUT2D eigenvalue weighted by atomic mass is 9.98. The maximum atomic E-state index is 12.3. The number of amides is 1. The van der Waals surface area contributed by atoms with E-state index in [9.17, 15) is 19.7 Å². The van der Waals surface area contributed by atoms with Gasteiger partial charge in [0.2, 0.25) is 0 Å². The van der Waals surface area contributed by atoms with Crippen molar-refractivity contribution in [1.29, 1.82) is 0 Å². The van der Waals surface area contributed by atoms with E-state index in [4.69, 9.17) is 4.74 Å². The van der Waals surface area contributed by atoms with Gasteiger partial charge in [-0.1, -0.05) is 54.6 Å². The Hall–Kier alpha value is -4.00. The van der Waals surface area contributed by atoms with Crippen LogP contribution in [0.2, 0.25) is 0 Å². The van der Waals surface area contributed by atoms with Crippen LogP contribution in [0.25, 0.3) is 11.1 Å². The van der Waals surface area contributed by atoms with Gasteiger partial charge in [0.25, 0.3) is 5.69 Å². The third kappa shape index (κ3) is 3.34. The van der Waals surface area contributed by atoms with Gasteiger partial charge in [-0.2, -0.15) is 0 Å².